The molecule has 3 N–H and O–H groups in total. The molecule has 0 spiro atoms. The van der Waals surface area contributed by atoms with Gasteiger partial charge in [0, 0.05) is 5.69 Å². The molecule has 0 aliphatic rings. The second kappa shape index (κ2) is 5.34. The Kier molecular flexibility index (Phi) is 3.41. The number of nitrogens with one attached hydrogen (secondary N) is 3. The third kappa shape index (κ3) is 2.87. The summed E-state index contributed by atoms with van der Waals surface area (Å²) >= 11 is 0. The van der Waals surface area contributed by atoms with E-state index in [-0.39, 0.29) is 11.4 Å². The van der Waals surface area contributed by atoms with Crippen molar-refractivity contribution in [1.29, 1.82) is 10.5 Å². The molecule has 0 fully saturated rings. The highest BCUT2D eigenvalue weighted by molar-refractivity contribution is 5.99. The zero-order chi connectivity index (χ0) is 13.7. The van der Waals surface area contributed by atoms with Gasteiger partial charge in [-0.2, -0.15) is 15.6 Å². The van der Waals surface area contributed by atoms with Gasteiger partial charge in [0.05, 0.1) is 17.8 Å². The van der Waals surface area contributed by atoms with Crippen LogP contribution in [-0.4, -0.2) is 16.2 Å². The number of H-pyrrole nitrogens is 1. The summed E-state index contributed by atoms with van der Waals surface area (Å²) in [4.78, 5) is 11.7. The highest BCUT2D eigenvalue weighted by Crippen LogP contribution is 2.12. The third-order valence-electron chi connectivity index (χ3n) is 2.25. The standard InChI is InChI=1S/C12H8N6O/c13-5-8-2-1-3-10(4-8)16-12(19)17-11-9(6-14)7-15-18-11/h1-4,7H,(H3,15,16,17,18,19). The van der Waals surface area contributed by atoms with Crippen molar-refractivity contribution in [3.05, 3.63) is 41.6 Å². The molecule has 7 nitrogen and oxygen atoms in total. The first-order chi connectivity index (χ1) is 9.22. The molecular formula is C12H8N6O. The lowest BCUT2D eigenvalue weighted by molar-refractivity contribution is 0.262. The zero-order valence-electron chi connectivity index (χ0n) is 9.64. The average molecular weight is 252 g/mol. The van der Waals surface area contributed by atoms with Crippen LogP contribution in [0.25, 0.3) is 0 Å². The summed E-state index contributed by atoms with van der Waals surface area (Å²) < 4.78 is 0. The van der Waals surface area contributed by atoms with Gasteiger partial charge in [-0.1, -0.05) is 6.07 Å². The monoisotopic (exact) mass is 252 g/mol. The summed E-state index contributed by atoms with van der Waals surface area (Å²) in [6.45, 7) is 0. The van der Waals surface area contributed by atoms with Crippen molar-refractivity contribution in [3.63, 3.8) is 0 Å². The number of hydrogen-bond acceptors (Lipinski definition) is 4. The van der Waals surface area contributed by atoms with E-state index in [1.807, 2.05) is 12.1 Å². The van der Waals surface area contributed by atoms with Crippen LogP contribution >= 0.6 is 0 Å². The van der Waals surface area contributed by atoms with Gasteiger partial charge >= 0.3 is 6.03 Å². The van der Waals surface area contributed by atoms with Gasteiger partial charge in [0.15, 0.2) is 0 Å². The number of carbonyl (C=O) groups is 1. The zero-order valence-corrected chi connectivity index (χ0v) is 9.64. The van der Waals surface area contributed by atoms with Crippen LogP contribution in [0.4, 0.5) is 16.3 Å². The van der Waals surface area contributed by atoms with E-state index in [1.54, 1.807) is 18.2 Å². The number of aromatic amines is 1. The number of urea groups is 1. The molecule has 2 amide bonds. The maximum atomic E-state index is 11.7. The Morgan fingerprint density at radius 1 is 1.26 bits per heavy atom. The number of aromatic nitrogens is 2. The number of benzene rings is 1. The van der Waals surface area contributed by atoms with Gasteiger partial charge in [0.1, 0.15) is 17.5 Å². The SMILES string of the molecule is N#Cc1cccc(NC(=O)Nc2[nH]ncc2C#N)c1. The van der Waals surface area contributed by atoms with Gasteiger partial charge in [-0.15, -0.1) is 0 Å². The van der Waals surface area contributed by atoms with Crippen molar-refractivity contribution < 1.29 is 4.79 Å². The summed E-state index contributed by atoms with van der Waals surface area (Å²) in [5.41, 5.74) is 1.16. The first-order valence-corrected chi connectivity index (χ1v) is 5.24. The quantitative estimate of drug-likeness (QED) is 0.755. The fourth-order valence-electron chi connectivity index (χ4n) is 1.41. The number of nitriles is 2. The highest BCUT2D eigenvalue weighted by Gasteiger charge is 2.08. The lowest BCUT2D eigenvalue weighted by atomic mass is 10.2. The van der Waals surface area contributed by atoms with Crippen molar-refractivity contribution in [1.82, 2.24) is 10.2 Å². The van der Waals surface area contributed by atoms with Crippen molar-refractivity contribution >= 4 is 17.5 Å². The number of nitrogens with zero attached hydrogens (tertiary/aromatic N) is 3. The first kappa shape index (κ1) is 12.1. The number of hydrogen-bond donors (Lipinski definition) is 3. The lowest BCUT2D eigenvalue weighted by Crippen LogP contribution is -2.20. The Labute approximate surface area is 108 Å². The fraction of sp³-hybridized carbons (Fsp3) is 0. The van der Waals surface area contributed by atoms with E-state index in [0.29, 0.717) is 11.3 Å². The minimum Gasteiger partial charge on any atom is -0.308 e. The number of carbonyl (C=O) groups excluding carboxylic acids is 1. The van der Waals surface area contributed by atoms with Gasteiger partial charge < -0.3 is 5.32 Å². The fourth-order valence-corrected chi connectivity index (χ4v) is 1.41. The van der Waals surface area contributed by atoms with Crippen LogP contribution in [0.3, 0.4) is 0 Å². The van der Waals surface area contributed by atoms with Crippen LogP contribution < -0.4 is 10.6 Å². The molecular weight excluding hydrogens is 244 g/mol. The molecule has 1 aromatic carbocycles. The molecule has 0 radical (unpaired) electrons. The second-order valence-electron chi connectivity index (χ2n) is 3.54. The lowest BCUT2D eigenvalue weighted by Gasteiger charge is -2.06. The summed E-state index contributed by atoms with van der Waals surface area (Å²) in [5, 5.41) is 28.7. The summed E-state index contributed by atoms with van der Waals surface area (Å²) in [7, 11) is 0. The molecule has 0 saturated heterocycles. The molecule has 7 heteroatoms. The van der Waals surface area contributed by atoms with Gasteiger partial charge in [-0.3, -0.25) is 10.4 Å². The van der Waals surface area contributed by atoms with Crippen LogP contribution in [0.5, 0.6) is 0 Å². The summed E-state index contributed by atoms with van der Waals surface area (Å²) in [6, 6.07) is 9.80. The smallest absolute Gasteiger partial charge is 0.308 e. The molecule has 2 rings (SSSR count). The Morgan fingerprint density at radius 3 is 2.84 bits per heavy atom. The van der Waals surface area contributed by atoms with Crippen molar-refractivity contribution in [2.75, 3.05) is 10.6 Å². The van der Waals surface area contributed by atoms with Crippen molar-refractivity contribution in [2.24, 2.45) is 0 Å². The molecule has 1 aromatic heterocycles. The van der Waals surface area contributed by atoms with Crippen LogP contribution in [0, 0.1) is 22.7 Å². The Balaban J connectivity index is 2.06. The first-order valence-electron chi connectivity index (χ1n) is 5.24. The normalized spacial score (nSPS) is 9.16. The number of rotatable bonds is 2. The van der Waals surface area contributed by atoms with E-state index >= 15 is 0 Å². The molecule has 1 heterocycles. The molecule has 2 aromatic rings. The molecule has 0 saturated carbocycles. The Hall–Kier alpha value is -3.32. The largest absolute Gasteiger partial charge is 0.324 e. The van der Waals surface area contributed by atoms with Gasteiger partial charge in [-0.05, 0) is 18.2 Å². The second-order valence-corrected chi connectivity index (χ2v) is 3.54. The Morgan fingerprint density at radius 2 is 2.11 bits per heavy atom. The molecule has 0 atom stereocenters. The van der Waals surface area contributed by atoms with Crippen LogP contribution in [0.15, 0.2) is 30.5 Å². The molecule has 0 unspecified atom stereocenters. The van der Waals surface area contributed by atoms with Crippen LogP contribution in [0.1, 0.15) is 11.1 Å². The predicted molar refractivity (Wildman–Crippen MR) is 67.1 cm³/mol. The van der Waals surface area contributed by atoms with Crippen LogP contribution in [-0.2, 0) is 0 Å². The number of amides is 2. The summed E-state index contributed by atoms with van der Waals surface area (Å²) in [6.07, 6.45) is 1.31. The van der Waals surface area contributed by atoms with E-state index in [0.717, 1.165) is 0 Å². The van der Waals surface area contributed by atoms with E-state index in [2.05, 4.69) is 20.8 Å². The van der Waals surface area contributed by atoms with Crippen molar-refractivity contribution in [2.45, 2.75) is 0 Å². The van der Waals surface area contributed by atoms with Crippen molar-refractivity contribution in [3.8, 4) is 12.1 Å². The van der Waals surface area contributed by atoms with E-state index in [4.69, 9.17) is 10.5 Å². The minimum absolute atomic E-state index is 0.219. The minimum atomic E-state index is -0.532. The van der Waals surface area contributed by atoms with Crippen LogP contribution in [0.2, 0.25) is 0 Å². The third-order valence-corrected chi connectivity index (χ3v) is 2.25. The van der Waals surface area contributed by atoms with E-state index in [1.165, 1.54) is 12.3 Å². The predicted octanol–water partition coefficient (Wildman–Crippen LogP) is 1.80. The topological polar surface area (TPSA) is 117 Å². The maximum absolute atomic E-state index is 11.7. The summed E-state index contributed by atoms with van der Waals surface area (Å²) in [5.74, 6) is 0.219. The molecule has 0 aliphatic carbocycles. The molecule has 0 bridgehead atoms. The Bertz CT molecular complexity index is 691. The molecule has 19 heavy (non-hydrogen) atoms. The van der Waals surface area contributed by atoms with E-state index in [9.17, 15) is 4.79 Å². The highest BCUT2D eigenvalue weighted by atomic mass is 16.2. The van der Waals surface area contributed by atoms with Gasteiger partial charge in [-0.25, -0.2) is 4.79 Å². The molecule has 0 aliphatic heterocycles. The number of anilines is 2. The van der Waals surface area contributed by atoms with Gasteiger partial charge in [0.25, 0.3) is 0 Å². The average Bonchev–Trinajstić information content (AvgIpc) is 2.86. The van der Waals surface area contributed by atoms with Gasteiger partial charge in [0.2, 0.25) is 0 Å². The van der Waals surface area contributed by atoms with E-state index < -0.39 is 6.03 Å². The maximum Gasteiger partial charge on any atom is 0.324 e. The molecule has 92 valence electrons.